The second-order valence-electron chi connectivity index (χ2n) is 3.53. The molecule has 3 heteroatoms. The predicted octanol–water partition coefficient (Wildman–Crippen LogP) is 1.79. The third kappa shape index (κ3) is 4.11. The Hall–Kier alpha value is -1.27. The predicted molar refractivity (Wildman–Crippen MR) is 56.8 cm³/mol. The van der Waals surface area contributed by atoms with Crippen molar-refractivity contribution in [1.82, 2.24) is 9.88 Å². The first kappa shape index (κ1) is 10.8. The van der Waals surface area contributed by atoms with Gasteiger partial charge in [0.1, 0.15) is 0 Å². The van der Waals surface area contributed by atoms with Crippen LogP contribution in [0, 0.1) is 11.3 Å². The van der Waals surface area contributed by atoms with Crippen LogP contribution in [0.1, 0.15) is 18.4 Å². The summed E-state index contributed by atoms with van der Waals surface area (Å²) in [5, 5.41) is 8.39. The molecular weight excluding hydrogens is 174 g/mol. The molecule has 0 unspecified atom stereocenters. The maximum atomic E-state index is 8.39. The summed E-state index contributed by atoms with van der Waals surface area (Å²) in [7, 11) is 2.10. The van der Waals surface area contributed by atoms with Gasteiger partial charge in [-0.3, -0.25) is 0 Å². The third-order valence-corrected chi connectivity index (χ3v) is 2.27. The molecule has 0 aromatic carbocycles. The van der Waals surface area contributed by atoms with E-state index in [9.17, 15) is 0 Å². The van der Waals surface area contributed by atoms with Gasteiger partial charge in [-0.25, -0.2) is 0 Å². The van der Waals surface area contributed by atoms with Crippen LogP contribution in [-0.4, -0.2) is 30.0 Å². The minimum Gasteiger partial charge on any atom is -0.367 e. The summed E-state index contributed by atoms with van der Waals surface area (Å²) >= 11 is 0. The van der Waals surface area contributed by atoms with E-state index < -0.39 is 0 Å². The SMILES string of the molecule is CN(CCCC#N)CCc1cc[nH]c1. The van der Waals surface area contributed by atoms with E-state index in [-0.39, 0.29) is 0 Å². The lowest BCUT2D eigenvalue weighted by Crippen LogP contribution is -2.22. The van der Waals surface area contributed by atoms with Gasteiger partial charge in [-0.2, -0.15) is 5.26 Å². The van der Waals surface area contributed by atoms with Crippen LogP contribution >= 0.6 is 0 Å². The van der Waals surface area contributed by atoms with E-state index in [2.05, 4.69) is 29.1 Å². The Labute approximate surface area is 85.3 Å². The van der Waals surface area contributed by atoms with Crippen LogP contribution in [0.3, 0.4) is 0 Å². The molecule has 0 fully saturated rings. The van der Waals surface area contributed by atoms with Crippen LogP contribution in [0.25, 0.3) is 0 Å². The molecule has 76 valence electrons. The van der Waals surface area contributed by atoms with Crippen molar-refractivity contribution in [2.75, 3.05) is 20.1 Å². The van der Waals surface area contributed by atoms with Gasteiger partial charge in [0.05, 0.1) is 6.07 Å². The lowest BCUT2D eigenvalue weighted by atomic mass is 10.2. The van der Waals surface area contributed by atoms with E-state index in [1.165, 1.54) is 5.56 Å². The van der Waals surface area contributed by atoms with E-state index in [4.69, 9.17) is 5.26 Å². The number of rotatable bonds is 6. The molecule has 0 atom stereocenters. The monoisotopic (exact) mass is 191 g/mol. The number of nitrogens with one attached hydrogen (secondary N) is 1. The van der Waals surface area contributed by atoms with Gasteiger partial charge >= 0.3 is 0 Å². The molecule has 1 N–H and O–H groups in total. The Balaban J connectivity index is 2.09. The second-order valence-corrected chi connectivity index (χ2v) is 3.53. The Morgan fingerprint density at radius 2 is 2.36 bits per heavy atom. The molecule has 0 aliphatic rings. The topological polar surface area (TPSA) is 42.8 Å². The summed E-state index contributed by atoms with van der Waals surface area (Å²) in [6.07, 6.45) is 6.69. The van der Waals surface area contributed by atoms with Crippen molar-refractivity contribution < 1.29 is 0 Å². The van der Waals surface area contributed by atoms with Gasteiger partial charge in [0.25, 0.3) is 0 Å². The Kier molecular flexibility index (Phi) is 4.81. The van der Waals surface area contributed by atoms with Gasteiger partial charge in [-0.05, 0) is 38.1 Å². The molecular formula is C11H17N3. The van der Waals surface area contributed by atoms with Crippen LogP contribution in [0.5, 0.6) is 0 Å². The van der Waals surface area contributed by atoms with Crippen molar-refractivity contribution >= 4 is 0 Å². The van der Waals surface area contributed by atoms with Crippen molar-refractivity contribution in [3.63, 3.8) is 0 Å². The van der Waals surface area contributed by atoms with Gasteiger partial charge in [0.15, 0.2) is 0 Å². The summed E-state index contributed by atoms with van der Waals surface area (Å²) in [4.78, 5) is 5.31. The van der Waals surface area contributed by atoms with E-state index in [1.807, 2.05) is 12.4 Å². The average molecular weight is 191 g/mol. The number of H-pyrrole nitrogens is 1. The minimum atomic E-state index is 0.661. The fourth-order valence-electron chi connectivity index (χ4n) is 1.37. The third-order valence-electron chi connectivity index (χ3n) is 2.27. The first-order valence-electron chi connectivity index (χ1n) is 5.00. The highest BCUT2D eigenvalue weighted by Crippen LogP contribution is 1.99. The van der Waals surface area contributed by atoms with Gasteiger partial charge in [-0.1, -0.05) is 0 Å². The zero-order valence-electron chi connectivity index (χ0n) is 8.66. The molecule has 0 amide bonds. The summed E-state index contributed by atoms with van der Waals surface area (Å²) in [6, 6.07) is 4.26. The number of nitrogens with zero attached hydrogens (tertiary/aromatic N) is 2. The van der Waals surface area contributed by atoms with Gasteiger partial charge in [0, 0.05) is 25.4 Å². The molecule has 0 radical (unpaired) electrons. The maximum Gasteiger partial charge on any atom is 0.0622 e. The van der Waals surface area contributed by atoms with Gasteiger partial charge < -0.3 is 9.88 Å². The average Bonchev–Trinajstić information content (AvgIpc) is 2.68. The summed E-state index contributed by atoms with van der Waals surface area (Å²) in [5.74, 6) is 0. The first-order valence-corrected chi connectivity index (χ1v) is 5.00. The molecule has 1 rings (SSSR count). The molecule has 0 aliphatic carbocycles. The normalized spacial score (nSPS) is 10.4. The van der Waals surface area contributed by atoms with Crippen molar-refractivity contribution in [2.45, 2.75) is 19.3 Å². The van der Waals surface area contributed by atoms with Gasteiger partial charge in [0.2, 0.25) is 0 Å². The van der Waals surface area contributed by atoms with E-state index in [1.54, 1.807) is 0 Å². The number of hydrogen-bond acceptors (Lipinski definition) is 2. The van der Waals surface area contributed by atoms with Crippen LogP contribution in [0.4, 0.5) is 0 Å². The van der Waals surface area contributed by atoms with Crippen molar-refractivity contribution in [3.05, 3.63) is 24.0 Å². The maximum absolute atomic E-state index is 8.39. The van der Waals surface area contributed by atoms with E-state index in [0.29, 0.717) is 6.42 Å². The molecule has 0 bridgehead atoms. The Morgan fingerprint density at radius 1 is 1.50 bits per heavy atom. The van der Waals surface area contributed by atoms with E-state index >= 15 is 0 Å². The number of unbranched alkanes of at least 4 members (excludes halogenated alkanes) is 1. The number of likely N-dealkylation sites (N-methyl/N-ethyl adjacent to an activating group) is 1. The Morgan fingerprint density at radius 3 is 3.00 bits per heavy atom. The largest absolute Gasteiger partial charge is 0.367 e. The Bertz CT molecular complexity index is 271. The lowest BCUT2D eigenvalue weighted by molar-refractivity contribution is 0.335. The second kappa shape index (κ2) is 6.22. The molecule has 14 heavy (non-hydrogen) atoms. The molecule has 0 saturated heterocycles. The fourth-order valence-corrected chi connectivity index (χ4v) is 1.37. The highest BCUT2D eigenvalue weighted by molar-refractivity contribution is 5.08. The van der Waals surface area contributed by atoms with Crippen LogP contribution in [0.2, 0.25) is 0 Å². The first-order chi connectivity index (χ1) is 6.83. The smallest absolute Gasteiger partial charge is 0.0622 e. The minimum absolute atomic E-state index is 0.661. The molecule has 1 aromatic heterocycles. The molecule has 1 heterocycles. The standard InChI is InChI=1S/C11H17N3/c1-14(8-3-2-6-12)9-5-11-4-7-13-10-11/h4,7,10,13H,2-3,5,8-9H2,1H3. The number of hydrogen-bond donors (Lipinski definition) is 1. The van der Waals surface area contributed by atoms with Crippen LogP contribution in [-0.2, 0) is 6.42 Å². The van der Waals surface area contributed by atoms with Crippen LogP contribution < -0.4 is 0 Å². The van der Waals surface area contributed by atoms with Crippen LogP contribution in [0.15, 0.2) is 18.5 Å². The summed E-state index contributed by atoms with van der Waals surface area (Å²) in [6.45, 7) is 2.07. The molecule has 0 aliphatic heterocycles. The van der Waals surface area contributed by atoms with Gasteiger partial charge in [-0.15, -0.1) is 0 Å². The zero-order chi connectivity index (χ0) is 10.2. The molecule has 0 saturated carbocycles. The quantitative estimate of drug-likeness (QED) is 0.697. The molecule has 1 aromatic rings. The number of aromatic nitrogens is 1. The number of aromatic amines is 1. The highest BCUT2D eigenvalue weighted by atomic mass is 15.1. The summed E-state index contributed by atoms with van der Waals surface area (Å²) in [5.41, 5.74) is 1.34. The highest BCUT2D eigenvalue weighted by Gasteiger charge is 1.98. The fraction of sp³-hybridized carbons (Fsp3) is 0.545. The number of nitriles is 1. The zero-order valence-corrected chi connectivity index (χ0v) is 8.66. The molecule has 3 nitrogen and oxygen atoms in total. The van der Waals surface area contributed by atoms with Crippen molar-refractivity contribution in [1.29, 1.82) is 5.26 Å². The van der Waals surface area contributed by atoms with Crippen molar-refractivity contribution in [3.8, 4) is 6.07 Å². The lowest BCUT2D eigenvalue weighted by Gasteiger charge is -2.14. The molecule has 0 spiro atoms. The van der Waals surface area contributed by atoms with E-state index in [0.717, 1.165) is 25.9 Å². The van der Waals surface area contributed by atoms with Crippen molar-refractivity contribution in [2.24, 2.45) is 0 Å². The summed E-state index contributed by atoms with van der Waals surface area (Å²) < 4.78 is 0.